The molecule has 0 spiro atoms. The average molecular weight is 257 g/mol. The van der Waals surface area contributed by atoms with Gasteiger partial charge in [0.1, 0.15) is 10.7 Å². The molecule has 0 fully saturated rings. The number of carbonyl (C=O) groups excluding carboxylic acids is 1. The molecular formula is C11H6F3NOS. The van der Waals surface area contributed by atoms with Crippen LogP contribution in [0.1, 0.15) is 17.4 Å². The lowest BCUT2D eigenvalue weighted by atomic mass is 10.2. The summed E-state index contributed by atoms with van der Waals surface area (Å²) in [5.41, 5.74) is 0.0236. The number of aromatic nitrogens is 1. The number of nitrogens with zero attached hydrogens (tertiary/aromatic N) is 1. The minimum atomic E-state index is -1.54. The Labute approximate surface area is 98.7 Å². The maximum absolute atomic E-state index is 13.4. The number of hydrogen-bond acceptors (Lipinski definition) is 3. The van der Waals surface area contributed by atoms with E-state index in [1.165, 1.54) is 12.3 Å². The number of Topliss-reactive ketones (excluding diaryl/α,β-unsaturated/α-hetero) is 1. The Morgan fingerprint density at radius 2 is 1.94 bits per heavy atom. The van der Waals surface area contributed by atoms with Crippen molar-refractivity contribution >= 4 is 17.1 Å². The largest absolute Gasteiger partial charge is 0.293 e. The highest BCUT2D eigenvalue weighted by molar-refractivity contribution is 7.13. The van der Waals surface area contributed by atoms with Gasteiger partial charge in [0.25, 0.3) is 0 Å². The highest BCUT2D eigenvalue weighted by Crippen LogP contribution is 2.28. The van der Waals surface area contributed by atoms with Crippen LogP contribution in [0.2, 0.25) is 0 Å². The van der Waals surface area contributed by atoms with Crippen LogP contribution in [0.25, 0.3) is 10.6 Å². The summed E-state index contributed by atoms with van der Waals surface area (Å²) in [5.74, 6) is -4.36. The van der Waals surface area contributed by atoms with E-state index in [1.54, 1.807) is 0 Å². The molecule has 2 aromatic rings. The van der Waals surface area contributed by atoms with E-state index in [4.69, 9.17) is 0 Å². The second kappa shape index (κ2) is 4.29. The molecular weight excluding hydrogens is 251 g/mol. The number of rotatable bonds is 2. The Balaban J connectivity index is 2.53. The topological polar surface area (TPSA) is 30.0 Å². The molecule has 6 heteroatoms. The minimum absolute atomic E-state index is 0.145. The van der Waals surface area contributed by atoms with Crippen molar-refractivity contribution in [2.24, 2.45) is 0 Å². The van der Waals surface area contributed by atoms with E-state index in [-0.39, 0.29) is 22.0 Å². The average Bonchev–Trinajstić information content (AvgIpc) is 2.75. The fourth-order valence-corrected chi connectivity index (χ4v) is 2.13. The lowest BCUT2D eigenvalue weighted by Crippen LogP contribution is -1.95. The van der Waals surface area contributed by atoms with Crippen molar-refractivity contribution in [1.29, 1.82) is 0 Å². The number of ketones is 1. The van der Waals surface area contributed by atoms with E-state index < -0.39 is 17.5 Å². The zero-order valence-corrected chi connectivity index (χ0v) is 9.45. The Morgan fingerprint density at radius 1 is 1.24 bits per heavy atom. The zero-order valence-electron chi connectivity index (χ0n) is 8.63. The van der Waals surface area contributed by atoms with E-state index in [1.807, 2.05) is 0 Å². The number of thiazole rings is 1. The smallest absolute Gasteiger partial charge is 0.195 e. The van der Waals surface area contributed by atoms with Gasteiger partial charge in [0.2, 0.25) is 0 Å². The third-order valence-electron chi connectivity index (χ3n) is 2.13. The van der Waals surface area contributed by atoms with E-state index in [2.05, 4.69) is 4.98 Å². The summed E-state index contributed by atoms with van der Waals surface area (Å²) in [6, 6.07) is 1.92. The number of benzene rings is 1. The summed E-state index contributed by atoms with van der Waals surface area (Å²) in [4.78, 5) is 14.9. The second-order valence-electron chi connectivity index (χ2n) is 3.32. The van der Waals surface area contributed by atoms with E-state index >= 15 is 0 Å². The molecule has 1 aromatic heterocycles. The molecule has 2 nitrogen and oxygen atoms in total. The van der Waals surface area contributed by atoms with Gasteiger partial charge in [-0.15, -0.1) is 11.3 Å². The van der Waals surface area contributed by atoms with Crippen LogP contribution in [-0.2, 0) is 0 Å². The van der Waals surface area contributed by atoms with Gasteiger partial charge in [-0.05, 0) is 12.1 Å². The van der Waals surface area contributed by atoms with Crippen LogP contribution in [-0.4, -0.2) is 10.8 Å². The highest BCUT2D eigenvalue weighted by atomic mass is 32.1. The lowest BCUT2D eigenvalue weighted by Gasteiger charge is -2.00. The maximum atomic E-state index is 13.4. The fourth-order valence-electron chi connectivity index (χ4n) is 1.25. The summed E-state index contributed by atoms with van der Waals surface area (Å²) >= 11 is 0.999. The van der Waals surface area contributed by atoms with Gasteiger partial charge in [0.15, 0.2) is 23.2 Å². The second-order valence-corrected chi connectivity index (χ2v) is 4.18. The molecule has 0 unspecified atom stereocenters. The first kappa shape index (κ1) is 11.8. The molecule has 0 aliphatic rings. The third kappa shape index (κ3) is 2.08. The minimum Gasteiger partial charge on any atom is -0.293 e. The lowest BCUT2D eigenvalue weighted by molar-refractivity contribution is 0.101. The van der Waals surface area contributed by atoms with Crippen LogP contribution in [0.4, 0.5) is 13.2 Å². The van der Waals surface area contributed by atoms with Crippen LogP contribution >= 0.6 is 11.3 Å². The molecule has 0 amide bonds. The Kier molecular flexibility index (Phi) is 2.97. The molecule has 0 saturated carbocycles. The summed E-state index contributed by atoms with van der Waals surface area (Å²) in [7, 11) is 0. The van der Waals surface area contributed by atoms with Crippen molar-refractivity contribution in [3.05, 3.63) is 40.7 Å². The van der Waals surface area contributed by atoms with Crippen molar-refractivity contribution < 1.29 is 18.0 Å². The van der Waals surface area contributed by atoms with E-state index in [0.717, 1.165) is 23.5 Å². The number of halogens is 3. The number of carbonyl (C=O) groups is 1. The van der Waals surface area contributed by atoms with E-state index in [0.29, 0.717) is 0 Å². The SMILES string of the molecule is CC(=O)c1csc(-c2ccc(F)c(F)c2F)n1. The molecule has 0 aliphatic heterocycles. The Hall–Kier alpha value is -1.69. The van der Waals surface area contributed by atoms with Gasteiger partial charge in [0, 0.05) is 17.9 Å². The molecule has 88 valence electrons. The Bertz CT molecular complexity index is 594. The molecule has 0 bridgehead atoms. The monoisotopic (exact) mass is 257 g/mol. The van der Waals surface area contributed by atoms with Gasteiger partial charge in [-0.2, -0.15) is 0 Å². The molecule has 0 atom stereocenters. The van der Waals surface area contributed by atoms with Crippen LogP contribution in [0.3, 0.4) is 0 Å². The first-order chi connectivity index (χ1) is 8.00. The van der Waals surface area contributed by atoms with Gasteiger partial charge in [-0.3, -0.25) is 4.79 Å². The highest BCUT2D eigenvalue weighted by Gasteiger charge is 2.17. The normalized spacial score (nSPS) is 10.6. The van der Waals surface area contributed by atoms with Gasteiger partial charge in [-0.1, -0.05) is 0 Å². The molecule has 1 aromatic carbocycles. The van der Waals surface area contributed by atoms with Crippen LogP contribution in [0, 0.1) is 17.5 Å². The summed E-state index contributed by atoms with van der Waals surface area (Å²) in [6.07, 6.45) is 0. The van der Waals surface area contributed by atoms with E-state index in [9.17, 15) is 18.0 Å². The molecule has 17 heavy (non-hydrogen) atoms. The van der Waals surface area contributed by atoms with Gasteiger partial charge >= 0.3 is 0 Å². The van der Waals surface area contributed by atoms with Crippen molar-refractivity contribution in [3.8, 4) is 10.6 Å². The summed E-state index contributed by atoms with van der Waals surface area (Å²) < 4.78 is 39.2. The van der Waals surface area contributed by atoms with Crippen molar-refractivity contribution in [3.63, 3.8) is 0 Å². The molecule has 0 saturated heterocycles. The van der Waals surface area contributed by atoms with Crippen LogP contribution in [0.15, 0.2) is 17.5 Å². The van der Waals surface area contributed by atoms with Crippen molar-refractivity contribution in [2.45, 2.75) is 6.92 Å². The fraction of sp³-hybridized carbons (Fsp3) is 0.0909. The molecule has 0 radical (unpaired) electrons. The molecule has 2 rings (SSSR count). The first-order valence-electron chi connectivity index (χ1n) is 4.61. The van der Waals surface area contributed by atoms with Gasteiger partial charge < -0.3 is 0 Å². The molecule has 1 heterocycles. The Morgan fingerprint density at radius 3 is 2.53 bits per heavy atom. The quantitative estimate of drug-likeness (QED) is 0.609. The third-order valence-corrected chi connectivity index (χ3v) is 3.01. The maximum Gasteiger partial charge on any atom is 0.195 e. The van der Waals surface area contributed by atoms with Crippen molar-refractivity contribution in [1.82, 2.24) is 4.98 Å². The van der Waals surface area contributed by atoms with Gasteiger partial charge in [-0.25, -0.2) is 18.2 Å². The molecule has 0 N–H and O–H groups in total. The predicted octanol–water partition coefficient (Wildman–Crippen LogP) is 3.43. The zero-order chi connectivity index (χ0) is 12.6. The summed E-state index contributed by atoms with van der Waals surface area (Å²) in [5, 5.41) is 1.59. The standard InChI is InChI=1S/C11H6F3NOS/c1-5(16)8-4-17-11(15-8)6-2-3-7(12)10(14)9(6)13/h2-4H,1H3. The first-order valence-corrected chi connectivity index (χ1v) is 5.49. The van der Waals surface area contributed by atoms with Gasteiger partial charge in [0.05, 0.1) is 0 Å². The van der Waals surface area contributed by atoms with Crippen LogP contribution < -0.4 is 0 Å². The van der Waals surface area contributed by atoms with Crippen LogP contribution in [0.5, 0.6) is 0 Å². The summed E-state index contributed by atoms with van der Waals surface area (Å²) in [6.45, 7) is 1.32. The predicted molar refractivity (Wildman–Crippen MR) is 57.4 cm³/mol. The van der Waals surface area contributed by atoms with Crippen molar-refractivity contribution in [2.75, 3.05) is 0 Å². The number of hydrogen-bond donors (Lipinski definition) is 0. The molecule has 0 aliphatic carbocycles.